The molecule has 1 aromatic heterocycles. The summed E-state index contributed by atoms with van der Waals surface area (Å²) in [4.78, 5) is 37.0. The minimum Gasteiger partial charge on any atom is -0.486 e. The largest absolute Gasteiger partial charge is 0.486 e. The number of hydrogen-bond donors (Lipinski definition) is 0. The Hall–Kier alpha value is -2.16. The minimum atomic E-state index is 0.0150. The number of aryl methyl sites for hydroxylation is 1. The summed E-state index contributed by atoms with van der Waals surface area (Å²) in [5, 5.41) is 1.43. The molecule has 2 aliphatic heterocycles. The van der Waals surface area contributed by atoms with Crippen LogP contribution in [0.4, 0.5) is 0 Å². The van der Waals surface area contributed by atoms with Crippen molar-refractivity contribution in [3.63, 3.8) is 0 Å². The Kier molecular flexibility index (Phi) is 8.22. The van der Waals surface area contributed by atoms with Gasteiger partial charge in [0, 0.05) is 44.3 Å². The fourth-order valence-corrected chi connectivity index (χ4v) is 5.32. The van der Waals surface area contributed by atoms with Crippen LogP contribution in [0.1, 0.15) is 46.1 Å². The van der Waals surface area contributed by atoms with E-state index in [-0.39, 0.29) is 11.8 Å². The number of likely N-dealkylation sites (tertiary alicyclic amines) is 1. The van der Waals surface area contributed by atoms with Crippen molar-refractivity contribution in [3.8, 4) is 5.75 Å². The van der Waals surface area contributed by atoms with Crippen molar-refractivity contribution in [2.45, 2.75) is 39.2 Å². The molecule has 2 amide bonds. The van der Waals surface area contributed by atoms with E-state index in [9.17, 15) is 9.59 Å². The first-order chi connectivity index (χ1) is 16.0. The molecule has 9 heteroatoms. The predicted molar refractivity (Wildman–Crippen MR) is 130 cm³/mol. The van der Waals surface area contributed by atoms with E-state index in [2.05, 4.69) is 9.88 Å². The van der Waals surface area contributed by atoms with E-state index in [1.807, 2.05) is 28.9 Å². The van der Waals surface area contributed by atoms with E-state index in [1.165, 1.54) is 24.2 Å². The van der Waals surface area contributed by atoms with Gasteiger partial charge < -0.3 is 14.5 Å². The van der Waals surface area contributed by atoms with Crippen molar-refractivity contribution in [1.29, 1.82) is 0 Å². The number of piperazine rings is 1. The van der Waals surface area contributed by atoms with E-state index in [4.69, 9.17) is 16.3 Å². The van der Waals surface area contributed by atoms with E-state index in [0.29, 0.717) is 41.9 Å². The Morgan fingerprint density at radius 3 is 2.30 bits per heavy atom. The van der Waals surface area contributed by atoms with Crippen molar-refractivity contribution < 1.29 is 14.3 Å². The summed E-state index contributed by atoms with van der Waals surface area (Å²) < 4.78 is 5.77. The normalized spacial score (nSPS) is 17.6. The zero-order valence-electron chi connectivity index (χ0n) is 19.1. The number of carbonyl (C=O) groups excluding carboxylic acids is 2. The van der Waals surface area contributed by atoms with E-state index in [1.54, 1.807) is 12.1 Å². The quantitative estimate of drug-likeness (QED) is 0.615. The number of hydrogen-bond acceptors (Lipinski definition) is 6. The molecule has 2 aromatic rings. The average Bonchev–Trinajstić information content (AvgIpc) is 3.00. The lowest BCUT2D eigenvalue weighted by molar-refractivity contribution is -0.132. The van der Waals surface area contributed by atoms with Gasteiger partial charge in [0.2, 0.25) is 5.91 Å². The molecule has 0 saturated carbocycles. The molecular weight excluding hydrogens is 460 g/mol. The van der Waals surface area contributed by atoms with Gasteiger partial charge in [-0.25, -0.2) is 4.98 Å². The highest BCUT2D eigenvalue weighted by Gasteiger charge is 2.27. The summed E-state index contributed by atoms with van der Waals surface area (Å²) in [7, 11) is 0. The predicted octanol–water partition coefficient (Wildman–Crippen LogP) is 3.84. The number of ether oxygens (including phenoxy) is 1. The second-order valence-corrected chi connectivity index (χ2v) is 10.1. The molecule has 1 aromatic carbocycles. The molecule has 0 spiro atoms. The van der Waals surface area contributed by atoms with Crippen LogP contribution in [-0.4, -0.2) is 77.3 Å². The van der Waals surface area contributed by atoms with Crippen LogP contribution in [0.2, 0.25) is 5.02 Å². The van der Waals surface area contributed by atoms with Gasteiger partial charge in [-0.2, -0.15) is 0 Å². The smallest absolute Gasteiger partial charge is 0.265 e. The first kappa shape index (κ1) is 24.0. The Morgan fingerprint density at radius 1 is 0.970 bits per heavy atom. The highest BCUT2D eigenvalue weighted by Crippen LogP contribution is 2.23. The van der Waals surface area contributed by atoms with Gasteiger partial charge in [-0.3, -0.25) is 14.5 Å². The number of nitrogens with zero attached hydrogens (tertiary/aromatic N) is 4. The summed E-state index contributed by atoms with van der Waals surface area (Å²) in [6.07, 6.45) is 4.65. The van der Waals surface area contributed by atoms with Gasteiger partial charge in [-0.1, -0.05) is 24.4 Å². The molecule has 2 aliphatic rings. The molecule has 178 valence electrons. The van der Waals surface area contributed by atoms with Crippen molar-refractivity contribution in [2.75, 3.05) is 45.8 Å². The molecule has 0 unspecified atom stereocenters. The summed E-state index contributed by atoms with van der Waals surface area (Å²) >= 11 is 7.30. The van der Waals surface area contributed by atoms with Gasteiger partial charge in [0.05, 0.1) is 12.2 Å². The lowest BCUT2D eigenvalue weighted by Crippen LogP contribution is -2.51. The molecular formula is C24H31ClN4O3S. The van der Waals surface area contributed by atoms with E-state index < -0.39 is 0 Å². The van der Waals surface area contributed by atoms with Gasteiger partial charge in [0.25, 0.3) is 5.91 Å². The van der Waals surface area contributed by atoms with Crippen molar-refractivity contribution in [2.24, 2.45) is 0 Å². The van der Waals surface area contributed by atoms with Crippen LogP contribution in [0.15, 0.2) is 24.3 Å². The highest BCUT2D eigenvalue weighted by atomic mass is 35.5. The fourth-order valence-electron chi connectivity index (χ4n) is 4.25. The maximum Gasteiger partial charge on any atom is 0.265 e. The molecule has 33 heavy (non-hydrogen) atoms. The van der Waals surface area contributed by atoms with E-state index in [0.717, 1.165) is 49.7 Å². The number of carbonyl (C=O) groups is 2. The SMILES string of the molecule is Cc1nc(COc2ccc(Cl)cc2)sc1C(=O)N1CCN(CC(=O)N2CCCCCC2)CC1. The topological polar surface area (TPSA) is 66.0 Å². The van der Waals surface area contributed by atoms with E-state index >= 15 is 0 Å². The van der Waals surface area contributed by atoms with Crippen LogP contribution in [0.3, 0.4) is 0 Å². The van der Waals surface area contributed by atoms with Crippen molar-refractivity contribution >= 4 is 34.8 Å². The Labute approximate surface area is 204 Å². The van der Waals surface area contributed by atoms with Gasteiger partial charge >= 0.3 is 0 Å². The highest BCUT2D eigenvalue weighted by molar-refractivity contribution is 7.13. The van der Waals surface area contributed by atoms with Crippen molar-refractivity contribution in [1.82, 2.24) is 19.7 Å². The lowest BCUT2D eigenvalue weighted by atomic mass is 10.2. The molecule has 0 aliphatic carbocycles. The lowest BCUT2D eigenvalue weighted by Gasteiger charge is -2.35. The maximum atomic E-state index is 13.1. The zero-order chi connectivity index (χ0) is 23.2. The molecule has 0 bridgehead atoms. The molecule has 0 radical (unpaired) electrons. The number of thiazole rings is 1. The average molecular weight is 491 g/mol. The third kappa shape index (κ3) is 6.46. The Morgan fingerprint density at radius 2 is 1.64 bits per heavy atom. The first-order valence-corrected chi connectivity index (χ1v) is 12.8. The van der Waals surface area contributed by atoms with Crippen LogP contribution in [0.5, 0.6) is 5.75 Å². The monoisotopic (exact) mass is 490 g/mol. The van der Waals surface area contributed by atoms with Gasteiger partial charge in [-0.15, -0.1) is 11.3 Å². The number of amides is 2. The third-order valence-corrected chi connectivity index (χ3v) is 7.56. The number of rotatable bonds is 6. The maximum absolute atomic E-state index is 13.1. The van der Waals surface area contributed by atoms with Crippen LogP contribution in [0, 0.1) is 6.92 Å². The second kappa shape index (κ2) is 11.3. The Bertz CT molecular complexity index is 949. The molecule has 0 N–H and O–H groups in total. The molecule has 2 fully saturated rings. The number of halogens is 1. The van der Waals surface area contributed by atoms with Gasteiger partial charge in [0.1, 0.15) is 22.2 Å². The molecule has 7 nitrogen and oxygen atoms in total. The molecule has 3 heterocycles. The van der Waals surface area contributed by atoms with Crippen LogP contribution in [0.25, 0.3) is 0 Å². The third-order valence-electron chi connectivity index (χ3n) is 6.19. The van der Waals surface area contributed by atoms with Crippen LogP contribution in [-0.2, 0) is 11.4 Å². The van der Waals surface area contributed by atoms with Crippen LogP contribution < -0.4 is 4.74 Å². The summed E-state index contributed by atoms with van der Waals surface area (Å²) in [5.74, 6) is 0.951. The molecule has 4 rings (SSSR count). The van der Waals surface area contributed by atoms with Gasteiger partial charge in [0.15, 0.2) is 0 Å². The number of benzene rings is 1. The van der Waals surface area contributed by atoms with Crippen molar-refractivity contribution in [3.05, 3.63) is 44.9 Å². The van der Waals surface area contributed by atoms with Crippen LogP contribution >= 0.6 is 22.9 Å². The standard InChI is InChI=1S/C24H31ClN4O3S/c1-18-23(33-21(26-18)17-32-20-8-6-19(25)7-9-20)24(31)29-14-12-27(13-15-29)16-22(30)28-10-4-2-3-5-11-28/h6-9H,2-5,10-17H2,1H3. The fraction of sp³-hybridized carbons (Fsp3) is 0.542. The van der Waals surface area contributed by atoms with Gasteiger partial charge in [-0.05, 0) is 44.0 Å². The minimum absolute atomic E-state index is 0.0150. The molecule has 2 saturated heterocycles. The molecule has 0 atom stereocenters. The summed E-state index contributed by atoms with van der Waals surface area (Å²) in [6.45, 7) is 7.08. The second-order valence-electron chi connectivity index (χ2n) is 8.63. The Balaban J connectivity index is 1.26. The number of aromatic nitrogens is 1. The first-order valence-electron chi connectivity index (χ1n) is 11.6. The zero-order valence-corrected chi connectivity index (χ0v) is 20.7. The summed E-state index contributed by atoms with van der Waals surface area (Å²) in [5.41, 5.74) is 0.735. The summed E-state index contributed by atoms with van der Waals surface area (Å²) in [6, 6.07) is 7.18.